The number of rotatable bonds is 4. The Kier molecular flexibility index (Phi) is 4.84. The minimum absolute atomic E-state index is 0.0994. The average Bonchev–Trinajstić information content (AvgIpc) is 2.89. The lowest BCUT2D eigenvalue weighted by Gasteiger charge is -2.27. The fourth-order valence-electron chi connectivity index (χ4n) is 4.04. The molecule has 2 aromatic rings. The molecule has 2 aliphatic rings. The summed E-state index contributed by atoms with van der Waals surface area (Å²) >= 11 is 0. The average molecular weight is 351 g/mol. The summed E-state index contributed by atoms with van der Waals surface area (Å²) in [5, 5.41) is 2.85. The Labute approximate surface area is 154 Å². The van der Waals surface area contributed by atoms with Crippen molar-refractivity contribution in [3.05, 3.63) is 48.4 Å². The van der Waals surface area contributed by atoms with Crippen LogP contribution in [0.1, 0.15) is 25.0 Å². The van der Waals surface area contributed by atoms with Gasteiger partial charge in [-0.25, -0.2) is 4.98 Å². The number of nitrogens with one attached hydrogen (secondary N) is 1. The second kappa shape index (κ2) is 7.41. The van der Waals surface area contributed by atoms with Crippen LogP contribution in [0, 0.1) is 0 Å². The summed E-state index contributed by atoms with van der Waals surface area (Å²) in [5.41, 5.74) is 1.89. The molecule has 4 rings (SSSR count). The third kappa shape index (κ3) is 3.70. The van der Waals surface area contributed by atoms with E-state index in [0.29, 0.717) is 11.9 Å². The third-order valence-electron chi connectivity index (χ3n) is 5.60. The number of hydrogen-bond donors (Lipinski definition) is 1. The molecule has 0 saturated carbocycles. The number of aromatic nitrogens is 2. The Hall–Kier alpha value is -2.47. The van der Waals surface area contributed by atoms with Crippen LogP contribution in [-0.4, -0.2) is 53.0 Å². The van der Waals surface area contributed by atoms with Gasteiger partial charge in [0.1, 0.15) is 5.82 Å². The zero-order valence-electron chi connectivity index (χ0n) is 15.1. The standard InChI is InChI=1S/C20H25N5O/c1-24-16-5-6-18(24)14-25(11-9-16)17-7-8-19(22-13-17)23-20(26)12-15-4-2-3-10-21-15/h2-4,7-8,10,13,16,18H,5-6,9,11-12,14H2,1H3,(H,22,23,26). The molecule has 6 nitrogen and oxygen atoms in total. The number of anilines is 2. The van der Waals surface area contributed by atoms with Crippen LogP contribution in [0.5, 0.6) is 0 Å². The lowest BCUT2D eigenvalue weighted by Crippen LogP contribution is -2.36. The van der Waals surface area contributed by atoms with E-state index in [2.05, 4.69) is 38.2 Å². The van der Waals surface area contributed by atoms with E-state index in [1.54, 1.807) is 6.20 Å². The molecule has 0 aliphatic carbocycles. The third-order valence-corrected chi connectivity index (χ3v) is 5.60. The van der Waals surface area contributed by atoms with Crippen LogP contribution in [0.3, 0.4) is 0 Å². The molecule has 2 aliphatic heterocycles. The van der Waals surface area contributed by atoms with Gasteiger partial charge in [0.2, 0.25) is 5.91 Å². The molecule has 0 radical (unpaired) electrons. The SMILES string of the molecule is CN1C2CCC1CN(c1ccc(NC(=O)Cc3ccccn3)nc1)CC2. The van der Waals surface area contributed by atoms with Crippen molar-refractivity contribution < 1.29 is 4.79 Å². The van der Waals surface area contributed by atoms with Crippen LogP contribution < -0.4 is 10.2 Å². The van der Waals surface area contributed by atoms with Crippen molar-refractivity contribution >= 4 is 17.4 Å². The van der Waals surface area contributed by atoms with Crippen molar-refractivity contribution in [1.82, 2.24) is 14.9 Å². The first kappa shape index (κ1) is 17.0. The number of fused-ring (bicyclic) bond motifs is 2. The molecular formula is C20H25N5O. The Balaban J connectivity index is 1.37. The fraction of sp³-hybridized carbons (Fsp3) is 0.450. The Morgan fingerprint density at radius 2 is 2.04 bits per heavy atom. The predicted molar refractivity (Wildman–Crippen MR) is 102 cm³/mol. The maximum absolute atomic E-state index is 12.1. The van der Waals surface area contributed by atoms with E-state index >= 15 is 0 Å². The summed E-state index contributed by atoms with van der Waals surface area (Å²) in [6, 6.07) is 10.9. The number of amides is 1. The second-order valence-corrected chi connectivity index (χ2v) is 7.23. The highest BCUT2D eigenvalue weighted by Crippen LogP contribution is 2.30. The molecule has 2 saturated heterocycles. The zero-order chi connectivity index (χ0) is 17.9. The molecule has 6 heteroatoms. The molecule has 2 fully saturated rings. The molecule has 2 aromatic heterocycles. The van der Waals surface area contributed by atoms with Crippen molar-refractivity contribution in [1.29, 1.82) is 0 Å². The monoisotopic (exact) mass is 351 g/mol. The highest BCUT2D eigenvalue weighted by molar-refractivity contribution is 5.91. The lowest BCUT2D eigenvalue weighted by atomic mass is 10.1. The quantitative estimate of drug-likeness (QED) is 0.916. The molecule has 0 spiro atoms. The molecule has 2 unspecified atom stereocenters. The van der Waals surface area contributed by atoms with Crippen LogP contribution in [0.2, 0.25) is 0 Å². The van der Waals surface area contributed by atoms with Gasteiger partial charge in [-0.1, -0.05) is 6.07 Å². The Bertz CT molecular complexity index is 749. The van der Waals surface area contributed by atoms with Gasteiger partial charge in [0.25, 0.3) is 0 Å². The normalized spacial score (nSPS) is 22.9. The fourth-order valence-corrected chi connectivity index (χ4v) is 4.04. The van der Waals surface area contributed by atoms with Gasteiger partial charge < -0.3 is 10.2 Å². The molecule has 1 N–H and O–H groups in total. The van der Waals surface area contributed by atoms with E-state index in [9.17, 15) is 4.79 Å². The molecular weight excluding hydrogens is 326 g/mol. The molecule has 136 valence electrons. The summed E-state index contributed by atoms with van der Waals surface area (Å²) < 4.78 is 0. The summed E-state index contributed by atoms with van der Waals surface area (Å²) in [7, 11) is 2.25. The van der Waals surface area contributed by atoms with E-state index in [4.69, 9.17) is 0 Å². The zero-order valence-corrected chi connectivity index (χ0v) is 15.1. The summed E-state index contributed by atoms with van der Waals surface area (Å²) in [4.78, 5) is 25.7. The molecule has 4 heterocycles. The Morgan fingerprint density at radius 1 is 1.15 bits per heavy atom. The molecule has 26 heavy (non-hydrogen) atoms. The predicted octanol–water partition coefficient (Wildman–Crippen LogP) is 2.33. The number of nitrogens with zero attached hydrogens (tertiary/aromatic N) is 4. The van der Waals surface area contributed by atoms with Crippen molar-refractivity contribution in [3.8, 4) is 0 Å². The molecule has 2 bridgehead atoms. The van der Waals surface area contributed by atoms with E-state index < -0.39 is 0 Å². The van der Waals surface area contributed by atoms with Gasteiger partial charge >= 0.3 is 0 Å². The highest BCUT2D eigenvalue weighted by Gasteiger charge is 2.34. The topological polar surface area (TPSA) is 61.4 Å². The number of carbonyl (C=O) groups is 1. The summed E-state index contributed by atoms with van der Waals surface area (Å²) in [5.74, 6) is 0.487. The number of hydrogen-bond acceptors (Lipinski definition) is 5. The van der Waals surface area contributed by atoms with Crippen LogP contribution in [0.25, 0.3) is 0 Å². The van der Waals surface area contributed by atoms with Crippen LogP contribution in [-0.2, 0) is 11.2 Å². The Morgan fingerprint density at radius 3 is 2.81 bits per heavy atom. The molecule has 1 amide bonds. The van der Waals surface area contributed by atoms with E-state index in [0.717, 1.165) is 30.5 Å². The number of carbonyl (C=O) groups excluding carboxylic acids is 1. The van der Waals surface area contributed by atoms with E-state index in [1.165, 1.54) is 19.3 Å². The summed E-state index contributed by atoms with van der Waals surface area (Å²) in [6.45, 7) is 2.12. The largest absolute Gasteiger partial charge is 0.369 e. The first-order valence-corrected chi connectivity index (χ1v) is 9.32. The first-order chi connectivity index (χ1) is 12.7. The maximum Gasteiger partial charge on any atom is 0.231 e. The van der Waals surface area contributed by atoms with Gasteiger partial charge in [0.05, 0.1) is 18.3 Å². The van der Waals surface area contributed by atoms with Gasteiger partial charge in [-0.05, 0) is 50.6 Å². The summed E-state index contributed by atoms with van der Waals surface area (Å²) in [6.07, 6.45) is 7.64. The van der Waals surface area contributed by atoms with Crippen LogP contribution in [0.4, 0.5) is 11.5 Å². The first-order valence-electron chi connectivity index (χ1n) is 9.32. The van der Waals surface area contributed by atoms with Crippen LogP contribution >= 0.6 is 0 Å². The smallest absolute Gasteiger partial charge is 0.231 e. The van der Waals surface area contributed by atoms with Crippen LogP contribution in [0.15, 0.2) is 42.7 Å². The number of likely N-dealkylation sites (N-methyl/N-ethyl adjacent to an activating group) is 1. The second-order valence-electron chi connectivity index (χ2n) is 7.23. The molecule has 0 aromatic carbocycles. The maximum atomic E-state index is 12.1. The van der Waals surface area contributed by atoms with Gasteiger partial charge in [-0.2, -0.15) is 0 Å². The van der Waals surface area contributed by atoms with Gasteiger partial charge in [0, 0.05) is 37.1 Å². The van der Waals surface area contributed by atoms with E-state index in [1.807, 2.05) is 30.5 Å². The lowest BCUT2D eigenvalue weighted by molar-refractivity contribution is -0.115. The minimum atomic E-state index is -0.0994. The highest BCUT2D eigenvalue weighted by atomic mass is 16.1. The van der Waals surface area contributed by atoms with Gasteiger partial charge in [0.15, 0.2) is 0 Å². The van der Waals surface area contributed by atoms with Gasteiger partial charge in [-0.3, -0.25) is 14.7 Å². The van der Waals surface area contributed by atoms with Gasteiger partial charge in [-0.15, -0.1) is 0 Å². The van der Waals surface area contributed by atoms with Crippen molar-refractivity contribution in [2.75, 3.05) is 30.4 Å². The van der Waals surface area contributed by atoms with Crippen molar-refractivity contribution in [2.45, 2.75) is 37.8 Å². The molecule has 2 atom stereocenters. The van der Waals surface area contributed by atoms with E-state index in [-0.39, 0.29) is 12.3 Å². The van der Waals surface area contributed by atoms with Crippen molar-refractivity contribution in [2.24, 2.45) is 0 Å². The minimum Gasteiger partial charge on any atom is -0.369 e. The number of pyridine rings is 2. The van der Waals surface area contributed by atoms with Crippen molar-refractivity contribution in [3.63, 3.8) is 0 Å².